The van der Waals surface area contributed by atoms with E-state index >= 15 is 0 Å². The van der Waals surface area contributed by atoms with E-state index in [0.717, 1.165) is 31.4 Å². The van der Waals surface area contributed by atoms with Gasteiger partial charge in [-0.25, -0.2) is 5.90 Å². The largest absolute Gasteiger partial charge is 0.300 e. The number of benzene rings is 2. The van der Waals surface area contributed by atoms with Crippen LogP contribution in [0, 0.1) is 6.92 Å². The van der Waals surface area contributed by atoms with Crippen LogP contribution in [0.25, 0.3) is 10.8 Å². The van der Waals surface area contributed by atoms with Gasteiger partial charge in [0.15, 0.2) is 0 Å². The van der Waals surface area contributed by atoms with Crippen molar-refractivity contribution in [1.82, 2.24) is 0 Å². The molecule has 84 valence electrons. The van der Waals surface area contributed by atoms with Crippen LogP contribution in [0.15, 0.2) is 28.7 Å². The molecule has 0 spiro atoms. The molecule has 0 saturated carbocycles. The summed E-state index contributed by atoms with van der Waals surface area (Å²) in [5.41, 5.74) is 2.24. The fourth-order valence-corrected chi connectivity index (χ4v) is 2.23. The molecule has 0 aliphatic heterocycles. The van der Waals surface area contributed by atoms with Gasteiger partial charge in [-0.05, 0) is 63.0 Å². The summed E-state index contributed by atoms with van der Waals surface area (Å²) in [4.78, 5) is 4.67. The first-order chi connectivity index (χ1) is 7.61. The number of aryl methyl sites for hydroxylation is 1. The van der Waals surface area contributed by atoms with Crippen molar-refractivity contribution in [2.24, 2.45) is 5.90 Å². The van der Waals surface area contributed by atoms with Crippen LogP contribution >= 0.6 is 27.5 Å². The first kappa shape index (κ1) is 11.9. The van der Waals surface area contributed by atoms with Gasteiger partial charge in [0.25, 0.3) is 0 Å². The Morgan fingerprint density at radius 1 is 1.25 bits per heavy atom. The lowest BCUT2D eigenvalue weighted by atomic mass is 10.0. The summed E-state index contributed by atoms with van der Waals surface area (Å²) < 4.78 is 0.894. The Labute approximate surface area is 107 Å². The molecule has 0 aromatic heterocycles. The highest BCUT2D eigenvalue weighted by Crippen LogP contribution is 2.30. The number of rotatable bonds is 2. The molecule has 16 heavy (non-hydrogen) atoms. The van der Waals surface area contributed by atoms with Crippen LogP contribution in [0.1, 0.15) is 11.1 Å². The third kappa shape index (κ3) is 2.23. The molecular weight excluding hydrogens is 289 g/mol. The standard InChI is InChI=1S/C12H11BrClNO/c1-7-2-8-5-12(14)11(13)4-9(8)3-10(7)6-16-15/h2-5H,6,15H2,1H3. The zero-order valence-electron chi connectivity index (χ0n) is 8.76. The number of fused-ring (bicyclic) bond motifs is 1. The monoisotopic (exact) mass is 299 g/mol. The highest BCUT2D eigenvalue weighted by Gasteiger charge is 2.04. The highest BCUT2D eigenvalue weighted by atomic mass is 79.9. The minimum absolute atomic E-state index is 0.419. The van der Waals surface area contributed by atoms with Crippen LogP contribution in [-0.4, -0.2) is 0 Å². The van der Waals surface area contributed by atoms with Gasteiger partial charge in [-0.1, -0.05) is 17.7 Å². The summed E-state index contributed by atoms with van der Waals surface area (Å²) >= 11 is 9.46. The molecule has 0 unspecified atom stereocenters. The van der Waals surface area contributed by atoms with E-state index in [0.29, 0.717) is 6.61 Å². The lowest BCUT2D eigenvalue weighted by molar-refractivity contribution is 0.124. The number of hydrogen-bond acceptors (Lipinski definition) is 2. The van der Waals surface area contributed by atoms with Crippen molar-refractivity contribution in [3.63, 3.8) is 0 Å². The number of nitrogens with two attached hydrogens (primary N) is 1. The van der Waals surface area contributed by atoms with E-state index in [4.69, 9.17) is 17.5 Å². The van der Waals surface area contributed by atoms with Gasteiger partial charge in [0.1, 0.15) is 0 Å². The summed E-state index contributed by atoms with van der Waals surface area (Å²) in [6.07, 6.45) is 0. The van der Waals surface area contributed by atoms with E-state index < -0.39 is 0 Å². The quantitative estimate of drug-likeness (QED) is 0.852. The predicted octanol–water partition coefficient (Wildman–Crippen LogP) is 3.95. The van der Waals surface area contributed by atoms with Crippen molar-refractivity contribution in [2.45, 2.75) is 13.5 Å². The SMILES string of the molecule is Cc1cc2cc(Cl)c(Br)cc2cc1CON. The van der Waals surface area contributed by atoms with Crippen molar-refractivity contribution in [3.8, 4) is 0 Å². The first-order valence-corrected chi connectivity index (χ1v) is 5.99. The van der Waals surface area contributed by atoms with Gasteiger partial charge in [0.2, 0.25) is 0 Å². The van der Waals surface area contributed by atoms with E-state index in [1.807, 2.05) is 19.1 Å². The molecule has 0 fully saturated rings. The van der Waals surface area contributed by atoms with Crippen molar-refractivity contribution >= 4 is 38.3 Å². The van der Waals surface area contributed by atoms with Crippen LogP contribution in [0.2, 0.25) is 5.02 Å². The molecule has 2 N–H and O–H groups in total. The molecular formula is C12H11BrClNO. The van der Waals surface area contributed by atoms with Gasteiger partial charge < -0.3 is 0 Å². The Morgan fingerprint density at radius 3 is 2.62 bits per heavy atom. The zero-order valence-corrected chi connectivity index (χ0v) is 11.1. The molecule has 0 bridgehead atoms. The summed E-state index contributed by atoms with van der Waals surface area (Å²) in [6, 6.07) is 8.10. The second-order valence-electron chi connectivity index (χ2n) is 3.70. The predicted molar refractivity (Wildman–Crippen MR) is 70.4 cm³/mol. The van der Waals surface area contributed by atoms with E-state index in [2.05, 4.69) is 32.9 Å². The molecule has 2 rings (SSSR count). The summed E-state index contributed by atoms with van der Waals surface area (Å²) in [5.74, 6) is 5.10. The molecule has 4 heteroatoms. The normalized spacial score (nSPS) is 11.0. The maximum atomic E-state index is 6.05. The van der Waals surface area contributed by atoms with Crippen LogP contribution in [-0.2, 0) is 11.4 Å². The van der Waals surface area contributed by atoms with Crippen molar-refractivity contribution < 1.29 is 4.84 Å². The minimum Gasteiger partial charge on any atom is -0.300 e. The average Bonchev–Trinajstić information content (AvgIpc) is 2.23. The topological polar surface area (TPSA) is 35.2 Å². The maximum Gasteiger partial charge on any atom is 0.0932 e. The van der Waals surface area contributed by atoms with E-state index in [-0.39, 0.29) is 0 Å². The Balaban J connectivity index is 2.65. The second kappa shape index (κ2) is 4.72. The Kier molecular flexibility index (Phi) is 3.50. The van der Waals surface area contributed by atoms with Crippen LogP contribution in [0.5, 0.6) is 0 Å². The van der Waals surface area contributed by atoms with Gasteiger partial charge in [-0.2, -0.15) is 0 Å². The van der Waals surface area contributed by atoms with Crippen LogP contribution in [0.4, 0.5) is 0 Å². The molecule has 0 amide bonds. The van der Waals surface area contributed by atoms with E-state index in [1.54, 1.807) is 0 Å². The summed E-state index contributed by atoms with van der Waals surface area (Å²) in [7, 11) is 0. The van der Waals surface area contributed by atoms with Crippen LogP contribution in [0.3, 0.4) is 0 Å². The molecule has 2 aromatic rings. The van der Waals surface area contributed by atoms with Crippen molar-refractivity contribution in [3.05, 3.63) is 44.9 Å². The third-order valence-corrected chi connectivity index (χ3v) is 3.77. The second-order valence-corrected chi connectivity index (χ2v) is 4.96. The fourth-order valence-electron chi connectivity index (χ4n) is 1.70. The van der Waals surface area contributed by atoms with E-state index in [9.17, 15) is 0 Å². The van der Waals surface area contributed by atoms with Crippen molar-refractivity contribution in [1.29, 1.82) is 0 Å². The fraction of sp³-hybridized carbons (Fsp3) is 0.167. The zero-order chi connectivity index (χ0) is 11.7. The molecule has 0 radical (unpaired) electrons. The molecule has 0 aliphatic carbocycles. The van der Waals surface area contributed by atoms with E-state index in [1.165, 1.54) is 0 Å². The molecule has 0 saturated heterocycles. The molecule has 0 atom stereocenters. The lowest BCUT2D eigenvalue weighted by Crippen LogP contribution is -2.00. The average molecular weight is 301 g/mol. The smallest absolute Gasteiger partial charge is 0.0932 e. The van der Waals surface area contributed by atoms with Gasteiger partial charge in [0, 0.05) is 4.47 Å². The third-order valence-electron chi connectivity index (χ3n) is 2.57. The Morgan fingerprint density at radius 2 is 1.94 bits per heavy atom. The minimum atomic E-state index is 0.419. The number of hydrogen-bond donors (Lipinski definition) is 1. The Hall–Kier alpha value is -0.610. The molecule has 2 aromatic carbocycles. The molecule has 2 nitrogen and oxygen atoms in total. The van der Waals surface area contributed by atoms with Gasteiger partial charge in [0.05, 0.1) is 11.6 Å². The van der Waals surface area contributed by atoms with Gasteiger partial charge in [-0.3, -0.25) is 4.84 Å². The summed E-state index contributed by atoms with van der Waals surface area (Å²) in [5, 5.41) is 2.95. The Bertz CT molecular complexity index is 542. The molecule has 0 aliphatic rings. The summed E-state index contributed by atoms with van der Waals surface area (Å²) in [6.45, 7) is 2.45. The number of halogens is 2. The maximum absolute atomic E-state index is 6.05. The van der Waals surface area contributed by atoms with Crippen LogP contribution < -0.4 is 5.90 Å². The van der Waals surface area contributed by atoms with Crippen molar-refractivity contribution in [2.75, 3.05) is 0 Å². The lowest BCUT2D eigenvalue weighted by Gasteiger charge is -2.08. The molecule has 0 heterocycles. The van der Waals surface area contributed by atoms with Gasteiger partial charge in [-0.15, -0.1) is 0 Å². The highest BCUT2D eigenvalue weighted by molar-refractivity contribution is 9.10. The van der Waals surface area contributed by atoms with Gasteiger partial charge >= 0.3 is 0 Å². The first-order valence-electron chi connectivity index (χ1n) is 4.82.